The number of rotatable bonds is 6. The molecule has 2 N–H and O–H groups in total. The molecule has 0 spiro atoms. The lowest BCUT2D eigenvalue weighted by molar-refractivity contribution is -0.143. The Morgan fingerprint density at radius 1 is 1.28 bits per heavy atom. The molecule has 2 heterocycles. The molecule has 2 atom stereocenters. The number of ether oxygens (including phenoxy) is 1. The van der Waals surface area contributed by atoms with Gasteiger partial charge in [0.15, 0.2) is 0 Å². The maximum absolute atomic E-state index is 13.0. The Kier molecular flexibility index (Phi) is 5.88. The van der Waals surface area contributed by atoms with E-state index in [1.54, 1.807) is 12.4 Å². The molecule has 7 heteroatoms. The molecule has 3 rings (SSSR count). The summed E-state index contributed by atoms with van der Waals surface area (Å²) in [4.78, 5) is 30.5. The summed E-state index contributed by atoms with van der Waals surface area (Å²) < 4.78 is 5.88. The van der Waals surface area contributed by atoms with Gasteiger partial charge < -0.3 is 9.64 Å². The zero-order valence-electron chi connectivity index (χ0n) is 17.2. The lowest BCUT2D eigenvalue weighted by atomic mass is 9.81. The highest BCUT2D eigenvalue weighted by Gasteiger charge is 2.46. The summed E-state index contributed by atoms with van der Waals surface area (Å²) in [6.45, 7) is 8.31. The van der Waals surface area contributed by atoms with Crippen LogP contribution < -0.4 is 10.2 Å². The van der Waals surface area contributed by atoms with Gasteiger partial charge >= 0.3 is 0 Å². The number of amides is 2. The molecule has 1 aliphatic heterocycles. The van der Waals surface area contributed by atoms with E-state index in [0.29, 0.717) is 19.6 Å². The van der Waals surface area contributed by atoms with Crippen LogP contribution in [0.15, 0.2) is 36.4 Å². The topological polar surface area (TPSA) is 91.8 Å². The minimum absolute atomic E-state index is 0.120. The fraction of sp³-hybridized carbons (Fsp3) is 0.409. The van der Waals surface area contributed by atoms with Crippen molar-refractivity contribution >= 4 is 11.8 Å². The molecule has 1 saturated heterocycles. The van der Waals surface area contributed by atoms with Gasteiger partial charge in [0.2, 0.25) is 5.91 Å². The van der Waals surface area contributed by atoms with E-state index in [-0.39, 0.29) is 5.91 Å². The van der Waals surface area contributed by atoms with Crippen molar-refractivity contribution in [1.82, 2.24) is 15.4 Å². The minimum Gasteiger partial charge on any atom is -0.489 e. The molecular weight excluding hydrogens is 370 g/mol. The van der Waals surface area contributed by atoms with Crippen molar-refractivity contribution < 1.29 is 19.5 Å². The third-order valence-corrected chi connectivity index (χ3v) is 5.58. The number of aromatic nitrogens is 1. The number of nitrogens with one attached hydrogen (secondary N) is 1. The van der Waals surface area contributed by atoms with E-state index in [2.05, 4.69) is 4.98 Å². The van der Waals surface area contributed by atoms with Gasteiger partial charge in [-0.1, -0.05) is 12.1 Å². The molecular formula is C22H27N3O4. The fourth-order valence-corrected chi connectivity index (χ4v) is 3.83. The Morgan fingerprint density at radius 2 is 1.90 bits per heavy atom. The van der Waals surface area contributed by atoms with Gasteiger partial charge in [0.05, 0.1) is 5.41 Å². The van der Waals surface area contributed by atoms with Crippen LogP contribution >= 0.6 is 0 Å². The number of aryl methyl sites for hydroxylation is 2. The summed E-state index contributed by atoms with van der Waals surface area (Å²) in [5.74, 6) is 0.0118. The summed E-state index contributed by atoms with van der Waals surface area (Å²) in [6, 6.07) is 10.8. The lowest BCUT2D eigenvalue weighted by Gasteiger charge is -2.27. The molecule has 0 saturated carbocycles. The van der Waals surface area contributed by atoms with Gasteiger partial charge in [0, 0.05) is 17.9 Å². The molecule has 1 aliphatic rings. The summed E-state index contributed by atoms with van der Waals surface area (Å²) in [5, 5.41) is 8.84. The average Bonchev–Trinajstić information content (AvgIpc) is 3.00. The number of hydroxylamine groups is 1. The number of carbonyl (C=O) groups excluding carboxylic acids is 2. The van der Waals surface area contributed by atoms with Gasteiger partial charge in [-0.3, -0.25) is 19.8 Å². The zero-order valence-corrected chi connectivity index (χ0v) is 17.2. The van der Waals surface area contributed by atoms with E-state index in [1.165, 1.54) is 4.90 Å². The number of benzene rings is 1. The van der Waals surface area contributed by atoms with Crippen molar-refractivity contribution in [1.29, 1.82) is 0 Å². The third-order valence-electron chi connectivity index (χ3n) is 5.58. The molecule has 29 heavy (non-hydrogen) atoms. The van der Waals surface area contributed by atoms with Gasteiger partial charge in [0.25, 0.3) is 5.91 Å². The van der Waals surface area contributed by atoms with E-state index in [9.17, 15) is 9.59 Å². The number of likely N-dealkylation sites (tertiary alicyclic amines) is 1. The molecule has 1 fully saturated rings. The monoisotopic (exact) mass is 397 g/mol. The molecule has 2 aromatic rings. The average molecular weight is 397 g/mol. The Bertz CT molecular complexity index is 893. The number of pyridine rings is 1. The molecule has 1 aromatic heterocycles. The van der Waals surface area contributed by atoms with Crippen LogP contribution in [0, 0.1) is 13.8 Å². The number of carbonyl (C=O) groups is 2. The largest absolute Gasteiger partial charge is 0.489 e. The summed E-state index contributed by atoms with van der Waals surface area (Å²) >= 11 is 0. The highest BCUT2D eigenvalue weighted by Crippen LogP contribution is 2.37. The molecule has 154 valence electrons. The van der Waals surface area contributed by atoms with Gasteiger partial charge in [0.1, 0.15) is 18.4 Å². The Balaban J connectivity index is 1.69. The van der Waals surface area contributed by atoms with Crippen molar-refractivity contribution in [3.05, 3.63) is 58.9 Å². The Labute approximate surface area is 170 Å². The van der Waals surface area contributed by atoms with E-state index in [4.69, 9.17) is 9.94 Å². The van der Waals surface area contributed by atoms with Crippen LogP contribution in [0.3, 0.4) is 0 Å². The third kappa shape index (κ3) is 4.24. The van der Waals surface area contributed by atoms with Crippen LogP contribution in [0.5, 0.6) is 5.75 Å². The van der Waals surface area contributed by atoms with Crippen molar-refractivity contribution in [3.8, 4) is 5.75 Å². The lowest BCUT2D eigenvalue weighted by Crippen LogP contribution is -2.47. The zero-order chi connectivity index (χ0) is 21.2. The molecule has 0 radical (unpaired) electrons. The van der Waals surface area contributed by atoms with E-state index >= 15 is 0 Å². The first-order valence-corrected chi connectivity index (χ1v) is 9.67. The fourth-order valence-electron chi connectivity index (χ4n) is 3.83. The van der Waals surface area contributed by atoms with Gasteiger partial charge in [-0.25, -0.2) is 5.48 Å². The molecule has 1 aromatic carbocycles. The Hall–Kier alpha value is -2.93. The summed E-state index contributed by atoms with van der Waals surface area (Å²) in [5.41, 5.74) is 4.77. The second kappa shape index (κ2) is 8.21. The van der Waals surface area contributed by atoms with Crippen LogP contribution in [-0.4, -0.2) is 39.5 Å². The van der Waals surface area contributed by atoms with Gasteiger partial charge in [-0.2, -0.15) is 0 Å². The minimum atomic E-state index is -0.718. The predicted octanol–water partition coefficient (Wildman–Crippen LogP) is 2.66. The highest BCUT2D eigenvalue weighted by molar-refractivity contribution is 5.94. The van der Waals surface area contributed by atoms with Crippen LogP contribution in [0.4, 0.5) is 0 Å². The predicted molar refractivity (Wildman–Crippen MR) is 108 cm³/mol. The second-order valence-electron chi connectivity index (χ2n) is 7.80. The summed E-state index contributed by atoms with van der Waals surface area (Å²) in [7, 11) is 0. The van der Waals surface area contributed by atoms with E-state index in [0.717, 1.165) is 28.3 Å². The first-order valence-electron chi connectivity index (χ1n) is 9.67. The molecule has 2 amide bonds. The summed E-state index contributed by atoms with van der Waals surface area (Å²) in [6.07, 6.45) is 0.602. The Morgan fingerprint density at radius 3 is 2.48 bits per heavy atom. The maximum Gasteiger partial charge on any atom is 0.265 e. The molecule has 2 unspecified atom stereocenters. The van der Waals surface area contributed by atoms with E-state index in [1.807, 2.05) is 57.2 Å². The number of hydrogen-bond acceptors (Lipinski definition) is 5. The van der Waals surface area contributed by atoms with Crippen LogP contribution in [0.2, 0.25) is 0 Å². The molecule has 7 nitrogen and oxygen atoms in total. The van der Waals surface area contributed by atoms with Crippen LogP contribution in [0.1, 0.15) is 42.8 Å². The SMILES string of the molecule is Cc1cc(COc2ccc(C3(C)CCN(C(C)C(=O)NO)C3=O)cc2)cc(C)n1. The molecule has 0 bridgehead atoms. The van der Waals surface area contributed by atoms with Gasteiger partial charge in [-0.05, 0) is 69.5 Å². The van der Waals surface area contributed by atoms with E-state index < -0.39 is 17.4 Å². The number of nitrogens with zero attached hydrogens (tertiary/aromatic N) is 2. The second-order valence-corrected chi connectivity index (χ2v) is 7.80. The maximum atomic E-state index is 13.0. The van der Waals surface area contributed by atoms with Crippen molar-refractivity contribution in [2.45, 2.75) is 52.2 Å². The van der Waals surface area contributed by atoms with Crippen LogP contribution in [0.25, 0.3) is 0 Å². The first-order chi connectivity index (χ1) is 13.7. The first kappa shape index (κ1) is 20.8. The van der Waals surface area contributed by atoms with Gasteiger partial charge in [-0.15, -0.1) is 0 Å². The standard InChI is InChI=1S/C22H27N3O4/c1-14-11-17(12-15(2)23-14)13-29-19-7-5-18(6-8-19)22(4)9-10-25(21(22)27)16(3)20(26)24-28/h5-8,11-12,16,28H,9-10,13H2,1-4H3,(H,24,26). The van der Waals surface area contributed by atoms with Crippen molar-refractivity contribution in [3.63, 3.8) is 0 Å². The quantitative estimate of drug-likeness (QED) is 0.578. The van der Waals surface area contributed by atoms with Crippen molar-refractivity contribution in [2.75, 3.05) is 6.54 Å². The highest BCUT2D eigenvalue weighted by atomic mass is 16.5. The normalized spacial score (nSPS) is 19.9. The van der Waals surface area contributed by atoms with Crippen LogP contribution in [-0.2, 0) is 21.6 Å². The van der Waals surface area contributed by atoms with Crippen molar-refractivity contribution in [2.24, 2.45) is 0 Å². The number of hydrogen-bond donors (Lipinski definition) is 2. The molecule has 0 aliphatic carbocycles. The smallest absolute Gasteiger partial charge is 0.265 e.